The summed E-state index contributed by atoms with van der Waals surface area (Å²) in [4.78, 5) is 11.3. The van der Waals surface area contributed by atoms with E-state index in [4.69, 9.17) is 4.74 Å². The van der Waals surface area contributed by atoms with Gasteiger partial charge in [-0.2, -0.15) is 5.10 Å². The summed E-state index contributed by atoms with van der Waals surface area (Å²) in [5.41, 5.74) is 1.94. The number of rotatable bonds is 4. The van der Waals surface area contributed by atoms with Gasteiger partial charge in [-0.05, 0) is 30.7 Å². The molecule has 1 N–H and O–H groups in total. The Kier molecular flexibility index (Phi) is 3.32. The molecule has 6 nitrogen and oxygen atoms in total. The van der Waals surface area contributed by atoms with E-state index in [-0.39, 0.29) is 12.3 Å². The van der Waals surface area contributed by atoms with Crippen LogP contribution in [0.2, 0.25) is 0 Å². The predicted molar refractivity (Wildman–Crippen MR) is 76.6 cm³/mol. The van der Waals surface area contributed by atoms with E-state index in [1.807, 2.05) is 0 Å². The van der Waals surface area contributed by atoms with Crippen molar-refractivity contribution in [1.82, 2.24) is 14.2 Å². The fourth-order valence-electron chi connectivity index (χ4n) is 2.39. The predicted octanol–water partition coefficient (Wildman–Crippen LogP) is 2.40. The Morgan fingerprint density at radius 3 is 2.86 bits per heavy atom. The van der Waals surface area contributed by atoms with Crippen molar-refractivity contribution in [2.45, 2.75) is 13.5 Å². The lowest BCUT2D eigenvalue weighted by Gasteiger charge is -2.08. The van der Waals surface area contributed by atoms with Crippen LogP contribution in [0.15, 0.2) is 30.6 Å². The zero-order valence-electron chi connectivity index (χ0n) is 12.1. The van der Waals surface area contributed by atoms with Crippen LogP contribution in [0.1, 0.15) is 21.7 Å². The van der Waals surface area contributed by atoms with Gasteiger partial charge >= 0.3 is 5.97 Å². The molecule has 0 bridgehead atoms. The van der Waals surface area contributed by atoms with Crippen molar-refractivity contribution in [3.8, 4) is 5.75 Å². The van der Waals surface area contributed by atoms with E-state index in [0.29, 0.717) is 17.0 Å². The summed E-state index contributed by atoms with van der Waals surface area (Å²) in [6, 6.07) is 5.26. The van der Waals surface area contributed by atoms with E-state index in [1.54, 1.807) is 42.8 Å². The number of carboxylic acid groups (broad SMARTS) is 1. The Balaban J connectivity index is 1.92. The summed E-state index contributed by atoms with van der Waals surface area (Å²) in [7, 11) is 1.63. The lowest BCUT2D eigenvalue weighted by molar-refractivity contribution is 0.0688. The smallest absolute Gasteiger partial charge is 0.353 e. The van der Waals surface area contributed by atoms with Gasteiger partial charge < -0.3 is 14.2 Å². The zero-order valence-corrected chi connectivity index (χ0v) is 12.1. The Morgan fingerprint density at radius 1 is 1.45 bits per heavy atom. The standard InChI is InChI=1S/C15H14FN3O3/c1-9-5-10-3-4-11(7-19(10)14(9)15(20)21)22-8-13-12(16)6-17-18(13)2/h3-7H,8H2,1-2H3,(H,20,21). The molecule has 0 saturated heterocycles. The van der Waals surface area contributed by atoms with Crippen LogP contribution in [0.5, 0.6) is 5.75 Å². The van der Waals surface area contributed by atoms with Gasteiger partial charge in [-0.1, -0.05) is 0 Å². The normalized spacial score (nSPS) is 11.0. The Bertz CT molecular complexity index is 847. The second-order valence-electron chi connectivity index (χ2n) is 4.99. The number of fused-ring (bicyclic) bond motifs is 1. The summed E-state index contributed by atoms with van der Waals surface area (Å²) in [5, 5.41) is 13.1. The van der Waals surface area contributed by atoms with Crippen LogP contribution in [0.4, 0.5) is 4.39 Å². The molecule has 22 heavy (non-hydrogen) atoms. The number of carbonyl (C=O) groups is 1. The maximum absolute atomic E-state index is 13.5. The van der Waals surface area contributed by atoms with Crippen LogP contribution in [-0.2, 0) is 13.7 Å². The zero-order chi connectivity index (χ0) is 15.9. The highest BCUT2D eigenvalue weighted by Gasteiger charge is 2.14. The van der Waals surface area contributed by atoms with Gasteiger partial charge in [0.15, 0.2) is 5.82 Å². The van der Waals surface area contributed by atoms with Gasteiger partial charge in [0, 0.05) is 12.6 Å². The van der Waals surface area contributed by atoms with Gasteiger partial charge in [0.25, 0.3) is 0 Å². The maximum atomic E-state index is 13.5. The molecule has 0 radical (unpaired) electrons. The van der Waals surface area contributed by atoms with E-state index in [9.17, 15) is 14.3 Å². The van der Waals surface area contributed by atoms with Crippen molar-refractivity contribution in [3.63, 3.8) is 0 Å². The van der Waals surface area contributed by atoms with Crippen molar-refractivity contribution >= 4 is 11.5 Å². The highest BCUT2D eigenvalue weighted by atomic mass is 19.1. The number of hydrogen-bond donors (Lipinski definition) is 1. The van der Waals surface area contributed by atoms with Gasteiger partial charge in [0.1, 0.15) is 23.7 Å². The maximum Gasteiger partial charge on any atom is 0.353 e. The minimum Gasteiger partial charge on any atom is -0.486 e. The molecule has 0 aliphatic carbocycles. The number of aromatic nitrogens is 3. The Labute approximate surface area is 125 Å². The number of carboxylic acids is 1. The van der Waals surface area contributed by atoms with Crippen LogP contribution in [0, 0.1) is 12.7 Å². The number of halogens is 1. The Hall–Kier alpha value is -2.83. The van der Waals surface area contributed by atoms with Gasteiger partial charge in [-0.25, -0.2) is 9.18 Å². The van der Waals surface area contributed by atoms with Crippen LogP contribution in [0.25, 0.3) is 5.52 Å². The molecule has 0 unspecified atom stereocenters. The van der Waals surface area contributed by atoms with E-state index in [1.165, 1.54) is 4.68 Å². The summed E-state index contributed by atoms with van der Waals surface area (Å²) in [6.07, 6.45) is 2.71. The molecule has 0 saturated carbocycles. The first kappa shape index (κ1) is 14.1. The lowest BCUT2D eigenvalue weighted by Crippen LogP contribution is -2.06. The fourth-order valence-corrected chi connectivity index (χ4v) is 2.39. The highest BCUT2D eigenvalue weighted by Crippen LogP contribution is 2.21. The molecule has 7 heteroatoms. The molecule has 0 spiro atoms. The van der Waals surface area contributed by atoms with Crippen molar-refractivity contribution in [3.05, 3.63) is 53.4 Å². The van der Waals surface area contributed by atoms with Crippen molar-refractivity contribution in [2.75, 3.05) is 0 Å². The van der Waals surface area contributed by atoms with Gasteiger partial charge in [0.2, 0.25) is 0 Å². The van der Waals surface area contributed by atoms with Crippen LogP contribution in [-0.4, -0.2) is 25.3 Å². The van der Waals surface area contributed by atoms with E-state index in [2.05, 4.69) is 5.10 Å². The van der Waals surface area contributed by atoms with Crippen molar-refractivity contribution < 1.29 is 19.0 Å². The first-order chi connectivity index (χ1) is 10.5. The molecule has 114 valence electrons. The van der Waals surface area contributed by atoms with Gasteiger partial charge in [-0.3, -0.25) is 4.68 Å². The van der Waals surface area contributed by atoms with Gasteiger partial charge in [-0.15, -0.1) is 0 Å². The molecule has 3 aromatic rings. The summed E-state index contributed by atoms with van der Waals surface area (Å²) in [6.45, 7) is 1.75. The van der Waals surface area contributed by atoms with Crippen molar-refractivity contribution in [1.29, 1.82) is 0 Å². The number of nitrogens with zero attached hydrogens (tertiary/aromatic N) is 3. The van der Waals surface area contributed by atoms with Crippen molar-refractivity contribution in [2.24, 2.45) is 7.05 Å². The number of aryl methyl sites for hydroxylation is 2. The second-order valence-corrected chi connectivity index (χ2v) is 4.99. The largest absolute Gasteiger partial charge is 0.486 e. The SMILES string of the molecule is Cc1cc2ccc(OCc3c(F)cnn3C)cn2c1C(=O)O. The van der Waals surface area contributed by atoms with Gasteiger partial charge in [0.05, 0.1) is 12.4 Å². The number of aromatic carboxylic acids is 1. The molecule has 3 aromatic heterocycles. The fraction of sp³-hybridized carbons (Fsp3) is 0.200. The molecule has 3 heterocycles. The minimum absolute atomic E-state index is 0.0104. The third kappa shape index (κ3) is 2.30. The monoisotopic (exact) mass is 303 g/mol. The molecular formula is C15H14FN3O3. The second kappa shape index (κ2) is 5.18. The molecule has 0 fully saturated rings. The van der Waals surface area contributed by atoms with Crippen LogP contribution in [0.3, 0.4) is 0 Å². The molecule has 3 rings (SSSR count). The number of ether oxygens (including phenoxy) is 1. The number of hydrogen-bond acceptors (Lipinski definition) is 3. The quantitative estimate of drug-likeness (QED) is 0.803. The molecule has 0 aliphatic heterocycles. The molecule has 0 amide bonds. The first-order valence-electron chi connectivity index (χ1n) is 6.61. The topological polar surface area (TPSA) is 68.8 Å². The molecular weight excluding hydrogens is 289 g/mol. The summed E-state index contributed by atoms with van der Waals surface area (Å²) >= 11 is 0. The highest BCUT2D eigenvalue weighted by molar-refractivity contribution is 5.89. The Morgan fingerprint density at radius 2 is 2.23 bits per heavy atom. The average molecular weight is 303 g/mol. The third-order valence-corrected chi connectivity index (χ3v) is 3.52. The van der Waals surface area contributed by atoms with E-state index < -0.39 is 11.8 Å². The van der Waals surface area contributed by atoms with E-state index >= 15 is 0 Å². The molecule has 0 atom stereocenters. The minimum atomic E-state index is -1.01. The van der Waals surface area contributed by atoms with Crippen LogP contribution >= 0.6 is 0 Å². The van der Waals surface area contributed by atoms with E-state index in [0.717, 1.165) is 11.7 Å². The average Bonchev–Trinajstić information content (AvgIpc) is 2.95. The summed E-state index contributed by atoms with van der Waals surface area (Å²) < 4.78 is 22.0. The molecule has 0 aromatic carbocycles. The van der Waals surface area contributed by atoms with Crippen LogP contribution < -0.4 is 4.74 Å². The third-order valence-electron chi connectivity index (χ3n) is 3.52. The lowest BCUT2D eigenvalue weighted by atomic mass is 10.3. The molecule has 0 aliphatic rings. The number of pyridine rings is 1. The summed E-state index contributed by atoms with van der Waals surface area (Å²) in [5.74, 6) is -0.995. The first-order valence-corrected chi connectivity index (χ1v) is 6.61.